The maximum Gasteiger partial charge on any atom is 0.350 e. The number of aromatic nitrogens is 7. The van der Waals surface area contributed by atoms with E-state index in [0.29, 0.717) is 23.1 Å². The van der Waals surface area contributed by atoms with Gasteiger partial charge in [-0.3, -0.25) is 4.40 Å². The highest BCUT2D eigenvalue weighted by atomic mass is 32.2. The van der Waals surface area contributed by atoms with Gasteiger partial charge in [0.25, 0.3) is 0 Å². The predicted octanol–water partition coefficient (Wildman–Crippen LogP) is 1.88. The summed E-state index contributed by atoms with van der Waals surface area (Å²) in [6.45, 7) is 4.54. The second-order valence-corrected chi connectivity index (χ2v) is 7.01. The number of hydrogen-bond acceptors (Lipinski definition) is 6. The van der Waals surface area contributed by atoms with Crippen LogP contribution in [0.3, 0.4) is 0 Å². The van der Waals surface area contributed by atoms with E-state index in [4.69, 9.17) is 0 Å². The van der Waals surface area contributed by atoms with E-state index >= 15 is 0 Å². The lowest BCUT2D eigenvalue weighted by Crippen LogP contribution is -2.22. The fourth-order valence-corrected chi connectivity index (χ4v) is 3.50. The second-order valence-electron chi connectivity index (χ2n) is 5.95. The first-order chi connectivity index (χ1) is 12.6. The molecular formula is C17H17N7OS. The summed E-state index contributed by atoms with van der Waals surface area (Å²) < 4.78 is 4.73. The number of hydrogen-bond donors (Lipinski definition) is 0. The topological polar surface area (TPSA) is 82.9 Å². The quantitative estimate of drug-likeness (QED) is 0.501. The minimum Gasteiger partial charge on any atom is -0.250 e. The zero-order valence-corrected chi connectivity index (χ0v) is 15.2. The zero-order valence-electron chi connectivity index (χ0n) is 14.4. The Bertz CT molecular complexity index is 1130. The van der Waals surface area contributed by atoms with Crippen molar-refractivity contribution in [2.24, 2.45) is 0 Å². The third kappa shape index (κ3) is 3.01. The highest BCUT2D eigenvalue weighted by molar-refractivity contribution is 7.99. The van der Waals surface area contributed by atoms with Crippen molar-refractivity contribution in [3.63, 3.8) is 0 Å². The number of rotatable bonds is 5. The number of tetrazole rings is 1. The molecule has 0 N–H and O–H groups in total. The Hall–Kier alpha value is -2.94. The summed E-state index contributed by atoms with van der Waals surface area (Å²) in [5, 5.41) is 17.0. The molecule has 0 amide bonds. The molecule has 0 atom stereocenters. The average Bonchev–Trinajstić information content (AvgIpc) is 3.23. The Morgan fingerprint density at radius 1 is 1.15 bits per heavy atom. The van der Waals surface area contributed by atoms with Gasteiger partial charge in [-0.15, -0.1) is 10.2 Å². The Kier molecular flexibility index (Phi) is 4.29. The molecule has 4 rings (SSSR count). The van der Waals surface area contributed by atoms with E-state index in [1.807, 2.05) is 32.0 Å². The summed E-state index contributed by atoms with van der Waals surface area (Å²) in [7, 11) is 0. The maximum absolute atomic E-state index is 12.3. The van der Waals surface area contributed by atoms with Gasteiger partial charge in [0.15, 0.2) is 5.65 Å². The molecule has 3 aromatic heterocycles. The molecule has 0 aliphatic rings. The lowest BCUT2D eigenvalue weighted by Gasteiger charge is -2.08. The summed E-state index contributed by atoms with van der Waals surface area (Å²) in [6, 6.07) is 11.7. The predicted molar refractivity (Wildman–Crippen MR) is 98.8 cm³/mol. The molecule has 26 heavy (non-hydrogen) atoms. The van der Waals surface area contributed by atoms with E-state index in [1.165, 1.54) is 20.8 Å². The van der Waals surface area contributed by atoms with Crippen LogP contribution in [0, 0.1) is 13.8 Å². The van der Waals surface area contributed by atoms with Crippen molar-refractivity contribution < 1.29 is 0 Å². The Morgan fingerprint density at radius 2 is 2.04 bits per heavy atom. The summed E-state index contributed by atoms with van der Waals surface area (Å²) in [5.41, 5.74) is 3.70. The molecule has 9 heteroatoms. The monoisotopic (exact) mass is 367 g/mol. The van der Waals surface area contributed by atoms with Gasteiger partial charge in [0.2, 0.25) is 5.16 Å². The molecule has 0 aliphatic carbocycles. The van der Waals surface area contributed by atoms with Gasteiger partial charge in [0.05, 0.1) is 12.2 Å². The third-order valence-electron chi connectivity index (χ3n) is 4.06. The number of aryl methyl sites for hydroxylation is 3. The molecule has 0 saturated heterocycles. The first kappa shape index (κ1) is 16.5. The van der Waals surface area contributed by atoms with Gasteiger partial charge in [0.1, 0.15) is 0 Å². The first-order valence-corrected chi connectivity index (χ1v) is 9.15. The number of thioether (sulfide) groups is 1. The molecule has 132 valence electrons. The van der Waals surface area contributed by atoms with Crippen LogP contribution in [0.2, 0.25) is 0 Å². The van der Waals surface area contributed by atoms with Crippen molar-refractivity contribution in [3.8, 4) is 5.69 Å². The van der Waals surface area contributed by atoms with Gasteiger partial charge in [-0.1, -0.05) is 30.0 Å². The van der Waals surface area contributed by atoms with Gasteiger partial charge in [-0.25, -0.2) is 9.48 Å². The summed E-state index contributed by atoms with van der Waals surface area (Å²) in [4.78, 5) is 12.3. The van der Waals surface area contributed by atoms with Crippen molar-refractivity contribution in [2.45, 2.75) is 25.5 Å². The first-order valence-electron chi connectivity index (χ1n) is 8.16. The third-order valence-corrected chi connectivity index (χ3v) is 4.96. The molecule has 0 saturated carbocycles. The summed E-state index contributed by atoms with van der Waals surface area (Å²) in [5.74, 6) is 0.634. The fourth-order valence-electron chi connectivity index (χ4n) is 2.70. The largest absolute Gasteiger partial charge is 0.350 e. The van der Waals surface area contributed by atoms with E-state index in [2.05, 4.69) is 38.8 Å². The minimum absolute atomic E-state index is 0.143. The van der Waals surface area contributed by atoms with Crippen LogP contribution in [0.1, 0.15) is 11.1 Å². The fraction of sp³-hybridized carbons (Fsp3) is 0.235. The number of nitrogens with zero attached hydrogens (tertiary/aromatic N) is 7. The van der Waals surface area contributed by atoms with Crippen LogP contribution in [0.5, 0.6) is 0 Å². The number of benzene rings is 1. The van der Waals surface area contributed by atoms with Crippen molar-refractivity contribution in [3.05, 3.63) is 64.2 Å². The van der Waals surface area contributed by atoms with Crippen molar-refractivity contribution in [1.82, 2.24) is 34.4 Å². The average molecular weight is 367 g/mol. The molecular weight excluding hydrogens is 350 g/mol. The molecule has 0 unspecified atom stereocenters. The Morgan fingerprint density at radius 3 is 2.88 bits per heavy atom. The highest BCUT2D eigenvalue weighted by Gasteiger charge is 2.12. The van der Waals surface area contributed by atoms with Crippen LogP contribution in [0.15, 0.2) is 52.5 Å². The molecule has 8 nitrogen and oxygen atoms in total. The van der Waals surface area contributed by atoms with Crippen molar-refractivity contribution >= 4 is 17.4 Å². The van der Waals surface area contributed by atoms with Crippen LogP contribution < -0.4 is 5.69 Å². The molecule has 3 heterocycles. The lowest BCUT2D eigenvalue weighted by molar-refractivity contribution is 0.638. The van der Waals surface area contributed by atoms with E-state index in [0.717, 1.165) is 16.8 Å². The Balaban J connectivity index is 1.52. The number of pyridine rings is 1. The van der Waals surface area contributed by atoms with E-state index in [9.17, 15) is 4.79 Å². The smallest absolute Gasteiger partial charge is 0.250 e. The molecule has 0 spiro atoms. The minimum atomic E-state index is -0.143. The Labute approximate surface area is 153 Å². The molecule has 0 aliphatic heterocycles. The van der Waals surface area contributed by atoms with Gasteiger partial charge in [-0.2, -0.15) is 4.68 Å². The van der Waals surface area contributed by atoms with E-state index < -0.39 is 0 Å². The number of fused-ring (bicyclic) bond motifs is 1. The van der Waals surface area contributed by atoms with E-state index in [-0.39, 0.29) is 5.69 Å². The summed E-state index contributed by atoms with van der Waals surface area (Å²) in [6.07, 6.45) is 1.72. The standard InChI is InChI=1S/C17H17N7OS/c1-12-6-7-13(2)14(11-12)24-16(18-20-21-24)26-10-9-23-17(25)22-8-4-3-5-15(22)19-23/h3-8,11H,9-10H2,1-2H3. The maximum atomic E-state index is 12.3. The molecule has 0 fully saturated rings. The highest BCUT2D eigenvalue weighted by Crippen LogP contribution is 2.21. The molecule has 1 aromatic carbocycles. The molecule has 4 aromatic rings. The SMILES string of the molecule is Cc1ccc(C)c(-n2nnnc2SCCn2nc3ccccn3c2=O)c1. The van der Waals surface area contributed by atoms with Crippen LogP contribution in [-0.4, -0.2) is 40.1 Å². The lowest BCUT2D eigenvalue weighted by atomic mass is 10.1. The van der Waals surface area contributed by atoms with E-state index in [1.54, 1.807) is 10.9 Å². The zero-order chi connectivity index (χ0) is 18.1. The van der Waals surface area contributed by atoms with Gasteiger partial charge in [-0.05, 0) is 53.6 Å². The van der Waals surface area contributed by atoms with Crippen LogP contribution in [0.25, 0.3) is 11.3 Å². The molecule has 0 radical (unpaired) electrons. The second kappa shape index (κ2) is 6.75. The van der Waals surface area contributed by atoms with Gasteiger partial charge in [0, 0.05) is 11.9 Å². The molecule has 0 bridgehead atoms. The van der Waals surface area contributed by atoms with Crippen LogP contribution in [0.4, 0.5) is 0 Å². The normalized spacial score (nSPS) is 11.3. The van der Waals surface area contributed by atoms with Crippen LogP contribution in [-0.2, 0) is 6.54 Å². The van der Waals surface area contributed by atoms with Crippen molar-refractivity contribution in [1.29, 1.82) is 0 Å². The van der Waals surface area contributed by atoms with Gasteiger partial charge >= 0.3 is 5.69 Å². The van der Waals surface area contributed by atoms with Crippen LogP contribution >= 0.6 is 11.8 Å². The summed E-state index contributed by atoms with van der Waals surface area (Å²) >= 11 is 1.49. The van der Waals surface area contributed by atoms with Crippen molar-refractivity contribution in [2.75, 3.05) is 5.75 Å². The van der Waals surface area contributed by atoms with Gasteiger partial charge < -0.3 is 0 Å².